The van der Waals surface area contributed by atoms with Gasteiger partial charge >= 0.3 is 0 Å². The topological polar surface area (TPSA) is 50.7 Å². The highest BCUT2D eigenvalue weighted by molar-refractivity contribution is 5.78. The molecule has 0 radical (unpaired) electrons. The molecule has 2 heterocycles. The molecule has 1 unspecified atom stereocenters. The number of nitrogens with zero attached hydrogens (tertiary/aromatic N) is 3. The largest absolute Gasteiger partial charge is 0.309 e. The molecule has 4 heteroatoms. The lowest BCUT2D eigenvalue weighted by atomic mass is 9.95. The SMILES string of the molecule is CNC(c1cnccc1C)c1cccc2nccnc12. The summed E-state index contributed by atoms with van der Waals surface area (Å²) in [5.41, 5.74) is 5.33. The average Bonchev–Trinajstić information content (AvgIpc) is 2.50. The second-order valence-corrected chi connectivity index (χ2v) is 4.73. The van der Waals surface area contributed by atoms with E-state index in [4.69, 9.17) is 0 Å². The molecule has 0 amide bonds. The Morgan fingerprint density at radius 1 is 1.00 bits per heavy atom. The minimum Gasteiger partial charge on any atom is -0.309 e. The summed E-state index contributed by atoms with van der Waals surface area (Å²) in [6.45, 7) is 2.10. The van der Waals surface area contributed by atoms with Gasteiger partial charge in [-0.3, -0.25) is 15.0 Å². The summed E-state index contributed by atoms with van der Waals surface area (Å²) >= 11 is 0. The number of para-hydroxylation sites is 1. The molecule has 1 atom stereocenters. The van der Waals surface area contributed by atoms with Crippen LogP contribution >= 0.6 is 0 Å². The molecule has 100 valence electrons. The van der Waals surface area contributed by atoms with Crippen LogP contribution in [0.2, 0.25) is 0 Å². The van der Waals surface area contributed by atoms with Gasteiger partial charge in [0, 0.05) is 30.4 Å². The predicted molar refractivity (Wildman–Crippen MR) is 79.4 cm³/mol. The van der Waals surface area contributed by atoms with Crippen molar-refractivity contribution in [3.8, 4) is 0 Å². The van der Waals surface area contributed by atoms with Gasteiger partial charge in [-0.25, -0.2) is 0 Å². The minimum absolute atomic E-state index is 0.0594. The first-order valence-corrected chi connectivity index (χ1v) is 6.58. The van der Waals surface area contributed by atoms with Gasteiger partial charge in [0.05, 0.1) is 17.1 Å². The summed E-state index contributed by atoms with van der Waals surface area (Å²) in [5, 5.41) is 3.36. The third-order valence-corrected chi connectivity index (χ3v) is 3.52. The average molecular weight is 264 g/mol. The van der Waals surface area contributed by atoms with E-state index in [0.717, 1.165) is 22.2 Å². The lowest BCUT2D eigenvalue weighted by Gasteiger charge is -2.19. The van der Waals surface area contributed by atoms with Crippen molar-refractivity contribution in [1.29, 1.82) is 0 Å². The summed E-state index contributed by atoms with van der Waals surface area (Å²) in [4.78, 5) is 13.1. The molecule has 0 aliphatic rings. The second kappa shape index (κ2) is 5.35. The molecule has 2 aromatic heterocycles. The van der Waals surface area contributed by atoms with Crippen molar-refractivity contribution in [2.75, 3.05) is 7.05 Å². The third-order valence-electron chi connectivity index (χ3n) is 3.52. The van der Waals surface area contributed by atoms with Crippen LogP contribution < -0.4 is 5.32 Å². The van der Waals surface area contributed by atoms with Crippen molar-refractivity contribution < 1.29 is 0 Å². The molecular weight excluding hydrogens is 248 g/mol. The van der Waals surface area contributed by atoms with Crippen LogP contribution in [0.4, 0.5) is 0 Å². The van der Waals surface area contributed by atoms with Gasteiger partial charge in [-0.15, -0.1) is 0 Å². The van der Waals surface area contributed by atoms with Gasteiger partial charge in [-0.2, -0.15) is 0 Å². The van der Waals surface area contributed by atoms with E-state index in [2.05, 4.69) is 33.3 Å². The van der Waals surface area contributed by atoms with Gasteiger partial charge < -0.3 is 5.32 Å². The van der Waals surface area contributed by atoms with Crippen molar-refractivity contribution in [1.82, 2.24) is 20.3 Å². The Bertz CT molecular complexity index is 734. The van der Waals surface area contributed by atoms with Crippen LogP contribution in [-0.4, -0.2) is 22.0 Å². The molecule has 0 spiro atoms. The first-order valence-electron chi connectivity index (χ1n) is 6.58. The molecule has 0 aliphatic heterocycles. The van der Waals surface area contributed by atoms with Crippen molar-refractivity contribution >= 4 is 11.0 Å². The number of hydrogen-bond donors (Lipinski definition) is 1. The molecule has 0 aliphatic carbocycles. The van der Waals surface area contributed by atoms with E-state index in [-0.39, 0.29) is 6.04 Å². The Labute approximate surface area is 117 Å². The summed E-state index contributed by atoms with van der Waals surface area (Å²) < 4.78 is 0. The Balaban J connectivity index is 2.20. The number of aryl methyl sites for hydroxylation is 1. The van der Waals surface area contributed by atoms with Gasteiger partial charge in [-0.05, 0) is 37.2 Å². The Morgan fingerprint density at radius 3 is 2.65 bits per heavy atom. The maximum absolute atomic E-state index is 4.48. The monoisotopic (exact) mass is 264 g/mol. The van der Waals surface area contributed by atoms with E-state index >= 15 is 0 Å². The molecule has 0 fully saturated rings. The van der Waals surface area contributed by atoms with Crippen molar-refractivity contribution in [2.24, 2.45) is 0 Å². The lowest BCUT2D eigenvalue weighted by molar-refractivity contribution is 0.687. The highest BCUT2D eigenvalue weighted by atomic mass is 14.9. The highest BCUT2D eigenvalue weighted by Gasteiger charge is 2.17. The number of nitrogens with one attached hydrogen (secondary N) is 1. The minimum atomic E-state index is 0.0594. The van der Waals surface area contributed by atoms with Crippen molar-refractivity contribution in [3.63, 3.8) is 0 Å². The van der Waals surface area contributed by atoms with Crippen molar-refractivity contribution in [3.05, 3.63) is 65.7 Å². The first kappa shape index (κ1) is 12.7. The van der Waals surface area contributed by atoms with Crippen LogP contribution in [0, 0.1) is 6.92 Å². The molecule has 3 aromatic rings. The lowest BCUT2D eigenvalue weighted by Crippen LogP contribution is -2.19. The van der Waals surface area contributed by atoms with Gasteiger partial charge in [-0.1, -0.05) is 12.1 Å². The fourth-order valence-corrected chi connectivity index (χ4v) is 2.50. The highest BCUT2D eigenvalue weighted by Crippen LogP contribution is 2.27. The predicted octanol–water partition coefficient (Wildman–Crippen LogP) is 2.64. The number of rotatable bonds is 3. The fraction of sp³-hybridized carbons (Fsp3) is 0.188. The molecule has 1 aromatic carbocycles. The number of benzene rings is 1. The summed E-state index contributed by atoms with van der Waals surface area (Å²) in [7, 11) is 1.95. The number of aromatic nitrogens is 3. The normalized spacial score (nSPS) is 12.5. The van der Waals surface area contributed by atoms with E-state index < -0.39 is 0 Å². The third kappa shape index (κ3) is 2.14. The molecule has 0 bridgehead atoms. The van der Waals surface area contributed by atoms with E-state index in [1.807, 2.05) is 37.6 Å². The summed E-state index contributed by atoms with van der Waals surface area (Å²) in [5.74, 6) is 0. The zero-order chi connectivity index (χ0) is 13.9. The zero-order valence-electron chi connectivity index (χ0n) is 11.5. The Hall–Kier alpha value is -2.33. The second-order valence-electron chi connectivity index (χ2n) is 4.73. The van der Waals surface area contributed by atoms with E-state index in [0.29, 0.717) is 0 Å². The van der Waals surface area contributed by atoms with Gasteiger partial charge in [0.25, 0.3) is 0 Å². The number of hydrogen-bond acceptors (Lipinski definition) is 4. The smallest absolute Gasteiger partial charge is 0.0937 e. The zero-order valence-corrected chi connectivity index (χ0v) is 11.5. The Morgan fingerprint density at radius 2 is 1.85 bits per heavy atom. The quantitative estimate of drug-likeness (QED) is 0.790. The number of pyridine rings is 1. The number of fused-ring (bicyclic) bond motifs is 1. The van der Waals surface area contributed by atoms with Crippen LogP contribution in [0.25, 0.3) is 11.0 Å². The fourth-order valence-electron chi connectivity index (χ4n) is 2.50. The summed E-state index contributed by atoms with van der Waals surface area (Å²) in [6, 6.07) is 8.17. The van der Waals surface area contributed by atoms with Crippen LogP contribution in [0.5, 0.6) is 0 Å². The molecule has 0 saturated carbocycles. The maximum Gasteiger partial charge on any atom is 0.0937 e. The van der Waals surface area contributed by atoms with Crippen LogP contribution in [0.3, 0.4) is 0 Å². The van der Waals surface area contributed by atoms with Gasteiger partial charge in [0.15, 0.2) is 0 Å². The van der Waals surface area contributed by atoms with Gasteiger partial charge in [0.1, 0.15) is 0 Å². The molecule has 3 rings (SSSR count). The van der Waals surface area contributed by atoms with E-state index in [1.54, 1.807) is 12.4 Å². The standard InChI is InChI=1S/C16H16N4/c1-11-6-7-18-10-13(11)15(17-2)12-4-3-5-14-16(12)20-9-8-19-14/h3-10,15,17H,1-2H3. The van der Waals surface area contributed by atoms with E-state index in [9.17, 15) is 0 Å². The van der Waals surface area contributed by atoms with Crippen molar-refractivity contribution in [2.45, 2.75) is 13.0 Å². The van der Waals surface area contributed by atoms with Crippen LogP contribution in [-0.2, 0) is 0 Å². The van der Waals surface area contributed by atoms with Crippen LogP contribution in [0.1, 0.15) is 22.7 Å². The first-order chi connectivity index (χ1) is 9.81. The van der Waals surface area contributed by atoms with E-state index in [1.165, 1.54) is 5.56 Å². The summed E-state index contributed by atoms with van der Waals surface area (Å²) in [6.07, 6.45) is 7.17. The molecule has 1 N–H and O–H groups in total. The maximum atomic E-state index is 4.48. The molecule has 4 nitrogen and oxygen atoms in total. The van der Waals surface area contributed by atoms with Gasteiger partial charge in [0.2, 0.25) is 0 Å². The van der Waals surface area contributed by atoms with Crippen LogP contribution in [0.15, 0.2) is 49.1 Å². The Kier molecular flexibility index (Phi) is 3.39. The molecule has 0 saturated heterocycles. The molecule has 20 heavy (non-hydrogen) atoms. The molecular formula is C16H16N4.